The second kappa shape index (κ2) is 8.92. The first-order valence-corrected chi connectivity index (χ1v) is 13.1. The lowest BCUT2D eigenvalue weighted by molar-refractivity contribution is 0.220. The van der Waals surface area contributed by atoms with Crippen molar-refractivity contribution in [2.45, 2.75) is 25.8 Å². The minimum atomic E-state index is 0.691. The molecule has 0 unspecified atom stereocenters. The van der Waals surface area contributed by atoms with Crippen LogP contribution in [-0.2, 0) is 6.54 Å². The second-order valence-corrected chi connectivity index (χ2v) is 10.1. The molecule has 0 bridgehead atoms. The van der Waals surface area contributed by atoms with Crippen molar-refractivity contribution >= 4 is 33.4 Å². The topological polar surface area (TPSA) is 99.3 Å². The molecule has 6 aromatic rings. The SMILES string of the molecule is c1cc(-c2cncc3[nH]c(-c4n[nH]c5ncc(-c6cncc(CN7CCCCC7)c6)cc45)nc23)cs1. The Labute approximate surface area is 211 Å². The molecule has 6 aromatic heterocycles. The third-order valence-corrected chi connectivity index (χ3v) is 7.53. The van der Waals surface area contributed by atoms with Gasteiger partial charge in [0.15, 0.2) is 11.5 Å². The Kier molecular flexibility index (Phi) is 5.29. The van der Waals surface area contributed by atoms with E-state index in [1.54, 1.807) is 17.5 Å². The van der Waals surface area contributed by atoms with Gasteiger partial charge in [0.25, 0.3) is 0 Å². The molecule has 7 rings (SSSR count). The number of thiophene rings is 1. The highest BCUT2D eigenvalue weighted by atomic mass is 32.1. The van der Waals surface area contributed by atoms with E-state index in [-0.39, 0.29) is 0 Å². The molecule has 2 N–H and O–H groups in total. The fourth-order valence-corrected chi connectivity index (χ4v) is 5.68. The lowest BCUT2D eigenvalue weighted by Crippen LogP contribution is -2.29. The Morgan fingerprint density at radius 3 is 2.69 bits per heavy atom. The van der Waals surface area contributed by atoms with E-state index in [1.165, 1.54) is 24.8 Å². The standard InChI is InChI=1S/C27H24N8S/c1-2-5-35(6-3-1)15-17-8-19(11-28-10-17)20-9-21-25(33-34-26(21)30-12-20)27-31-23-14-29-13-22(24(23)32-27)18-4-7-36-16-18/h4,7-14,16H,1-3,5-6,15H2,(H,31,32)(H,30,33,34). The van der Waals surface area contributed by atoms with Crippen molar-refractivity contribution in [2.75, 3.05) is 13.1 Å². The Morgan fingerprint density at radius 2 is 1.81 bits per heavy atom. The molecular weight excluding hydrogens is 468 g/mol. The van der Waals surface area contributed by atoms with Gasteiger partial charge in [-0.05, 0) is 66.0 Å². The number of aromatic amines is 2. The van der Waals surface area contributed by atoms with Gasteiger partial charge in [-0.25, -0.2) is 9.97 Å². The van der Waals surface area contributed by atoms with Crippen molar-refractivity contribution in [3.05, 3.63) is 65.5 Å². The van der Waals surface area contributed by atoms with Crippen LogP contribution < -0.4 is 0 Å². The highest BCUT2D eigenvalue weighted by Gasteiger charge is 2.17. The van der Waals surface area contributed by atoms with Gasteiger partial charge in [-0.3, -0.25) is 20.0 Å². The first-order valence-electron chi connectivity index (χ1n) is 12.2. The van der Waals surface area contributed by atoms with Crippen LogP contribution in [0.15, 0.2) is 59.9 Å². The molecule has 1 fully saturated rings. The Bertz CT molecular complexity index is 1660. The van der Waals surface area contributed by atoms with E-state index in [2.05, 4.69) is 64.0 Å². The van der Waals surface area contributed by atoms with Crippen molar-refractivity contribution in [3.8, 4) is 33.8 Å². The lowest BCUT2D eigenvalue weighted by atomic mass is 10.1. The molecule has 9 heteroatoms. The van der Waals surface area contributed by atoms with E-state index in [9.17, 15) is 0 Å². The number of rotatable bonds is 5. The van der Waals surface area contributed by atoms with Crippen LogP contribution in [0.2, 0.25) is 0 Å². The van der Waals surface area contributed by atoms with Crippen LogP contribution in [0.25, 0.3) is 55.8 Å². The van der Waals surface area contributed by atoms with Gasteiger partial charge in [0.05, 0.1) is 17.1 Å². The summed E-state index contributed by atoms with van der Waals surface area (Å²) < 4.78 is 0. The van der Waals surface area contributed by atoms with E-state index in [4.69, 9.17) is 4.98 Å². The second-order valence-electron chi connectivity index (χ2n) is 9.29. The Balaban J connectivity index is 1.26. The average Bonchev–Trinajstić information content (AvgIpc) is 3.68. The minimum absolute atomic E-state index is 0.691. The van der Waals surface area contributed by atoms with Crippen molar-refractivity contribution in [3.63, 3.8) is 0 Å². The molecule has 0 amide bonds. The summed E-state index contributed by atoms with van der Waals surface area (Å²) in [7, 11) is 0. The molecule has 0 aromatic carbocycles. The number of nitrogens with zero attached hydrogens (tertiary/aromatic N) is 6. The normalized spacial score (nSPS) is 14.7. The molecule has 178 valence electrons. The number of hydrogen-bond acceptors (Lipinski definition) is 7. The van der Waals surface area contributed by atoms with Crippen LogP contribution >= 0.6 is 11.3 Å². The van der Waals surface area contributed by atoms with E-state index >= 15 is 0 Å². The van der Waals surface area contributed by atoms with Crippen molar-refractivity contribution in [2.24, 2.45) is 0 Å². The van der Waals surface area contributed by atoms with Crippen LogP contribution in [0.3, 0.4) is 0 Å². The summed E-state index contributed by atoms with van der Waals surface area (Å²) in [5.41, 5.74) is 8.64. The quantitative estimate of drug-likeness (QED) is 0.322. The molecule has 0 saturated carbocycles. The molecule has 0 atom stereocenters. The summed E-state index contributed by atoms with van der Waals surface area (Å²) in [6.07, 6.45) is 13.3. The highest BCUT2D eigenvalue weighted by molar-refractivity contribution is 7.08. The zero-order chi connectivity index (χ0) is 23.9. The zero-order valence-electron chi connectivity index (χ0n) is 19.6. The zero-order valence-corrected chi connectivity index (χ0v) is 20.4. The van der Waals surface area contributed by atoms with Crippen LogP contribution in [0.4, 0.5) is 0 Å². The number of imidazole rings is 1. The van der Waals surface area contributed by atoms with Gasteiger partial charge in [-0.15, -0.1) is 0 Å². The first kappa shape index (κ1) is 21.3. The molecule has 1 saturated heterocycles. The van der Waals surface area contributed by atoms with Gasteiger partial charge >= 0.3 is 0 Å². The predicted octanol–water partition coefficient (Wildman–Crippen LogP) is 5.67. The summed E-state index contributed by atoms with van der Waals surface area (Å²) in [4.78, 5) is 24.4. The van der Waals surface area contributed by atoms with E-state index in [0.29, 0.717) is 5.82 Å². The summed E-state index contributed by atoms with van der Waals surface area (Å²) >= 11 is 1.66. The van der Waals surface area contributed by atoms with Crippen molar-refractivity contribution < 1.29 is 0 Å². The molecule has 7 heterocycles. The Hall–Kier alpha value is -3.95. The molecule has 0 spiro atoms. The van der Waals surface area contributed by atoms with Gasteiger partial charge in [-0.1, -0.05) is 6.42 Å². The van der Waals surface area contributed by atoms with Gasteiger partial charge in [0.2, 0.25) is 0 Å². The smallest absolute Gasteiger partial charge is 0.159 e. The first-order chi connectivity index (χ1) is 17.8. The molecule has 1 aliphatic rings. The monoisotopic (exact) mass is 492 g/mol. The molecule has 36 heavy (non-hydrogen) atoms. The van der Waals surface area contributed by atoms with Gasteiger partial charge < -0.3 is 4.98 Å². The highest BCUT2D eigenvalue weighted by Crippen LogP contribution is 2.32. The number of H-pyrrole nitrogens is 2. The number of nitrogens with one attached hydrogen (secondary N) is 2. The van der Waals surface area contributed by atoms with Crippen LogP contribution in [0, 0.1) is 0 Å². The molecule has 0 aliphatic carbocycles. The summed E-state index contributed by atoms with van der Waals surface area (Å²) in [5.74, 6) is 0.691. The summed E-state index contributed by atoms with van der Waals surface area (Å²) in [6.45, 7) is 3.27. The van der Waals surface area contributed by atoms with Gasteiger partial charge in [0.1, 0.15) is 11.2 Å². The largest absolute Gasteiger partial charge is 0.335 e. The number of pyridine rings is 3. The maximum Gasteiger partial charge on any atom is 0.159 e. The predicted molar refractivity (Wildman–Crippen MR) is 142 cm³/mol. The summed E-state index contributed by atoms with van der Waals surface area (Å²) in [5, 5.41) is 12.7. The number of piperidine rings is 1. The van der Waals surface area contributed by atoms with Gasteiger partial charge in [-0.2, -0.15) is 16.4 Å². The van der Waals surface area contributed by atoms with Crippen LogP contribution in [0.1, 0.15) is 24.8 Å². The summed E-state index contributed by atoms with van der Waals surface area (Å²) in [6, 6.07) is 6.43. The minimum Gasteiger partial charge on any atom is -0.335 e. The van der Waals surface area contributed by atoms with Crippen molar-refractivity contribution in [1.82, 2.24) is 40.0 Å². The van der Waals surface area contributed by atoms with Crippen molar-refractivity contribution in [1.29, 1.82) is 0 Å². The molecular formula is C27H24N8S. The molecule has 1 aliphatic heterocycles. The van der Waals surface area contributed by atoms with E-state index in [0.717, 1.165) is 69.6 Å². The lowest BCUT2D eigenvalue weighted by Gasteiger charge is -2.26. The number of likely N-dealkylation sites (tertiary alicyclic amines) is 1. The van der Waals surface area contributed by atoms with E-state index < -0.39 is 0 Å². The Morgan fingerprint density at radius 1 is 0.917 bits per heavy atom. The third kappa shape index (κ3) is 3.86. The fourth-order valence-electron chi connectivity index (χ4n) is 5.02. The number of aromatic nitrogens is 7. The third-order valence-electron chi connectivity index (χ3n) is 6.85. The van der Waals surface area contributed by atoms with E-state index in [1.807, 2.05) is 24.8 Å². The molecule has 0 radical (unpaired) electrons. The fraction of sp³-hybridized carbons (Fsp3) is 0.222. The maximum atomic E-state index is 4.92. The number of hydrogen-bond donors (Lipinski definition) is 2. The number of fused-ring (bicyclic) bond motifs is 2. The van der Waals surface area contributed by atoms with Crippen LogP contribution in [-0.4, -0.2) is 53.1 Å². The maximum absolute atomic E-state index is 4.92. The van der Waals surface area contributed by atoms with Crippen LogP contribution in [0.5, 0.6) is 0 Å². The average molecular weight is 493 g/mol. The van der Waals surface area contributed by atoms with Gasteiger partial charge in [0, 0.05) is 48.0 Å². The molecule has 8 nitrogen and oxygen atoms in total.